The summed E-state index contributed by atoms with van der Waals surface area (Å²) in [5.74, 6) is 0.854. The molecule has 0 unspecified atom stereocenters. The van der Waals surface area contributed by atoms with E-state index >= 15 is 0 Å². The minimum Gasteiger partial charge on any atom is -0.494 e. The van der Waals surface area contributed by atoms with E-state index in [1.807, 2.05) is 31.2 Å². The summed E-state index contributed by atoms with van der Waals surface area (Å²) in [7, 11) is 0. The van der Waals surface area contributed by atoms with E-state index < -0.39 is 5.60 Å². The molecule has 1 aromatic rings. The fourth-order valence-corrected chi connectivity index (χ4v) is 1.59. The molecule has 0 radical (unpaired) electrons. The van der Waals surface area contributed by atoms with Crippen LogP contribution >= 0.6 is 0 Å². The summed E-state index contributed by atoms with van der Waals surface area (Å²) in [6.45, 7) is 3.91. The Balaban J connectivity index is 2.13. The van der Waals surface area contributed by atoms with Crippen molar-refractivity contribution in [2.45, 2.75) is 12.5 Å². The van der Waals surface area contributed by atoms with Gasteiger partial charge in [0.25, 0.3) is 0 Å². The molecule has 76 valence electrons. The van der Waals surface area contributed by atoms with E-state index in [1.54, 1.807) is 0 Å². The summed E-state index contributed by atoms with van der Waals surface area (Å²) in [5, 5.41) is 13.1. The molecule has 3 nitrogen and oxygen atoms in total. The predicted molar refractivity (Wildman–Crippen MR) is 54.4 cm³/mol. The van der Waals surface area contributed by atoms with E-state index in [0.717, 1.165) is 11.3 Å². The fourth-order valence-electron chi connectivity index (χ4n) is 1.59. The van der Waals surface area contributed by atoms with Crippen LogP contribution < -0.4 is 10.1 Å². The lowest BCUT2D eigenvalue weighted by Crippen LogP contribution is -2.56. The van der Waals surface area contributed by atoms with Gasteiger partial charge in [0.15, 0.2) is 0 Å². The molecule has 1 aliphatic heterocycles. The lowest BCUT2D eigenvalue weighted by Gasteiger charge is -2.38. The second kappa shape index (κ2) is 3.59. The van der Waals surface area contributed by atoms with Crippen LogP contribution in [0.5, 0.6) is 5.75 Å². The van der Waals surface area contributed by atoms with Crippen LogP contribution in [0.4, 0.5) is 0 Å². The molecule has 1 aromatic carbocycles. The Morgan fingerprint density at radius 2 is 2.00 bits per heavy atom. The number of nitrogens with one attached hydrogen (secondary N) is 1. The maximum atomic E-state index is 10.00. The van der Waals surface area contributed by atoms with E-state index in [1.165, 1.54) is 0 Å². The van der Waals surface area contributed by atoms with Gasteiger partial charge in [-0.05, 0) is 24.6 Å². The van der Waals surface area contributed by atoms with Gasteiger partial charge in [0.1, 0.15) is 11.4 Å². The van der Waals surface area contributed by atoms with Crippen LogP contribution in [0, 0.1) is 0 Å². The van der Waals surface area contributed by atoms with Gasteiger partial charge in [0.05, 0.1) is 6.61 Å². The second-order valence-corrected chi connectivity index (χ2v) is 3.59. The van der Waals surface area contributed by atoms with Gasteiger partial charge < -0.3 is 15.2 Å². The number of rotatable bonds is 3. The minimum absolute atomic E-state index is 0.640. The zero-order valence-corrected chi connectivity index (χ0v) is 8.29. The summed E-state index contributed by atoms with van der Waals surface area (Å²) in [5.41, 5.74) is 0.296. The van der Waals surface area contributed by atoms with E-state index in [0.29, 0.717) is 19.7 Å². The second-order valence-electron chi connectivity index (χ2n) is 3.59. The molecule has 1 heterocycles. The summed E-state index contributed by atoms with van der Waals surface area (Å²) < 4.78 is 5.33. The van der Waals surface area contributed by atoms with Gasteiger partial charge in [-0.3, -0.25) is 0 Å². The first-order valence-electron chi connectivity index (χ1n) is 4.91. The number of hydrogen-bond donors (Lipinski definition) is 2. The Morgan fingerprint density at radius 3 is 2.43 bits per heavy atom. The van der Waals surface area contributed by atoms with E-state index in [-0.39, 0.29) is 0 Å². The highest BCUT2D eigenvalue weighted by molar-refractivity contribution is 5.32. The Hall–Kier alpha value is -1.06. The maximum absolute atomic E-state index is 10.00. The van der Waals surface area contributed by atoms with Crippen molar-refractivity contribution >= 4 is 0 Å². The van der Waals surface area contributed by atoms with Gasteiger partial charge in [-0.1, -0.05) is 12.1 Å². The number of aliphatic hydroxyl groups is 1. The molecule has 3 heteroatoms. The molecule has 1 saturated heterocycles. The number of benzene rings is 1. The highest BCUT2D eigenvalue weighted by Crippen LogP contribution is 2.26. The van der Waals surface area contributed by atoms with E-state index in [2.05, 4.69) is 5.32 Å². The number of β-amino-alcohol motifs (C(OH)–C–C–N with tert-alkyl or cyclic N) is 1. The number of ether oxygens (including phenoxy) is 1. The Morgan fingerprint density at radius 1 is 1.36 bits per heavy atom. The lowest BCUT2D eigenvalue weighted by molar-refractivity contribution is -0.0146. The first kappa shape index (κ1) is 9.49. The van der Waals surface area contributed by atoms with E-state index in [4.69, 9.17) is 4.74 Å². The topological polar surface area (TPSA) is 41.5 Å². The highest BCUT2D eigenvalue weighted by atomic mass is 16.5. The van der Waals surface area contributed by atoms with Crippen LogP contribution in [0.1, 0.15) is 12.5 Å². The molecule has 0 atom stereocenters. The molecule has 0 spiro atoms. The SMILES string of the molecule is CCOc1ccc(C2(O)CNC2)cc1. The van der Waals surface area contributed by atoms with Crippen molar-refractivity contribution in [1.82, 2.24) is 5.32 Å². The van der Waals surface area contributed by atoms with Gasteiger partial charge >= 0.3 is 0 Å². The van der Waals surface area contributed by atoms with Crippen molar-refractivity contribution in [2.75, 3.05) is 19.7 Å². The zero-order chi connectivity index (χ0) is 10.0. The molecule has 14 heavy (non-hydrogen) atoms. The molecule has 0 aromatic heterocycles. The minimum atomic E-state index is -0.662. The molecular formula is C11H15NO2. The van der Waals surface area contributed by atoms with Gasteiger partial charge in [-0.15, -0.1) is 0 Å². The molecule has 2 rings (SSSR count). The maximum Gasteiger partial charge on any atom is 0.119 e. The molecule has 1 fully saturated rings. The summed E-state index contributed by atoms with van der Waals surface area (Å²) >= 11 is 0. The van der Waals surface area contributed by atoms with Gasteiger partial charge in [-0.2, -0.15) is 0 Å². The number of hydrogen-bond acceptors (Lipinski definition) is 3. The largest absolute Gasteiger partial charge is 0.494 e. The molecule has 0 bridgehead atoms. The first-order chi connectivity index (χ1) is 6.74. The van der Waals surface area contributed by atoms with Crippen molar-refractivity contribution in [1.29, 1.82) is 0 Å². The van der Waals surface area contributed by atoms with Gasteiger partial charge in [0, 0.05) is 13.1 Å². The van der Waals surface area contributed by atoms with Crippen molar-refractivity contribution in [3.63, 3.8) is 0 Å². The van der Waals surface area contributed by atoms with E-state index in [9.17, 15) is 5.11 Å². The summed E-state index contributed by atoms with van der Waals surface area (Å²) in [6.07, 6.45) is 0. The molecule has 0 amide bonds. The molecule has 0 saturated carbocycles. The fraction of sp³-hybridized carbons (Fsp3) is 0.455. The van der Waals surface area contributed by atoms with Crippen molar-refractivity contribution in [3.05, 3.63) is 29.8 Å². The summed E-state index contributed by atoms with van der Waals surface area (Å²) in [4.78, 5) is 0. The van der Waals surface area contributed by atoms with Gasteiger partial charge in [-0.25, -0.2) is 0 Å². The Kier molecular flexibility index (Phi) is 2.44. The third-order valence-electron chi connectivity index (χ3n) is 2.54. The lowest BCUT2D eigenvalue weighted by atomic mass is 9.88. The average Bonchev–Trinajstić information content (AvgIpc) is 2.16. The van der Waals surface area contributed by atoms with Crippen molar-refractivity contribution < 1.29 is 9.84 Å². The van der Waals surface area contributed by atoms with Crippen molar-refractivity contribution in [3.8, 4) is 5.75 Å². The zero-order valence-electron chi connectivity index (χ0n) is 8.29. The quantitative estimate of drug-likeness (QED) is 0.748. The Labute approximate surface area is 83.7 Å². The third-order valence-corrected chi connectivity index (χ3v) is 2.54. The van der Waals surface area contributed by atoms with Gasteiger partial charge in [0.2, 0.25) is 0 Å². The average molecular weight is 193 g/mol. The third kappa shape index (κ3) is 1.61. The first-order valence-corrected chi connectivity index (χ1v) is 4.91. The molecule has 0 aliphatic carbocycles. The monoisotopic (exact) mass is 193 g/mol. The highest BCUT2D eigenvalue weighted by Gasteiger charge is 2.35. The normalized spacial score (nSPS) is 18.7. The molecule has 2 N–H and O–H groups in total. The van der Waals surface area contributed by atoms with Crippen LogP contribution in [0.3, 0.4) is 0 Å². The van der Waals surface area contributed by atoms with Crippen LogP contribution in [-0.4, -0.2) is 24.8 Å². The standard InChI is InChI=1S/C11H15NO2/c1-2-14-10-5-3-9(4-6-10)11(13)7-12-8-11/h3-6,12-13H,2,7-8H2,1H3. The van der Waals surface area contributed by atoms with Crippen molar-refractivity contribution in [2.24, 2.45) is 0 Å². The molecular weight excluding hydrogens is 178 g/mol. The molecule has 1 aliphatic rings. The summed E-state index contributed by atoms with van der Waals surface area (Å²) in [6, 6.07) is 7.64. The smallest absolute Gasteiger partial charge is 0.119 e. The van der Waals surface area contributed by atoms with Crippen LogP contribution in [0.15, 0.2) is 24.3 Å². The predicted octanol–water partition coefficient (Wildman–Crippen LogP) is 0.876. The van der Waals surface area contributed by atoms with Crippen LogP contribution in [0.25, 0.3) is 0 Å². The van der Waals surface area contributed by atoms with Crippen LogP contribution in [0.2, 0.25) is 0 Å². The van der Waals surface area contributed by atoms with Crippen LogP contribution in [-0.2, 0) is 5.60 Å². The Bertz CT molecular complexity index is 304.